The molecule has 0 spiro atoms. The number of anilines is 1. The van der Waals surface area contributed by atoms with Crippen molar-refractivity contribution in [1.82, 2.24) is 15.1 Å². The van der Waals surface area contributed by atoms with Gasteiger partial charge in [0, 0.05) is 18.6 Å². The quantitative estimate of drug-likeness (QED) is 0.932. The molecule has 2 aliphatic heterocycles. The van der Waals surface area contributed by atoms with Crippen LogP contribution < -0.4 is 5.32 Å². The van der Waals surface area contributed by atoms with Crippen LogP contribution in [0.5, 0.6) is 0 Å². The van der Waals surface area contributed by atoms with Crippen molar-refractivity contribution < 1.29 is 13.2 Å². The maximum absolute atomic E-state index is 12.4. The molecule has 2 bridgehead atoms. The highest BCUT2D eigenvalue weighted by Crippen LogP contribution is 2.38. The van der Waals surface area contributed by atoms with Gasteiger partial charge < -0.3 is 10.2 Å². The minimum Gasteiger partial charge on any atom is -0.360 e. The Morgan fingerprint density at radius 1 is 1.25 bits per heavy atom. The topological polar surface area (TPSA) is 41.0 Å². The Balaban J connectivity index is 1.54. The van der Waals surface area contributed by atoms with E-state index in [1.807, 2.05) is 0 Å². The summed E-state index contributed by atoms with van der Waals surface area (Å²) in [6.07, 6.45) is 0.323. The van der Waals surface area contributed by atoms with Gasteiger partial charge in [-0.3, -0.25) is 0 Å². The second-order valence-electron chi connectivity index (χ2n) is 5.68. The molecular weight excluding hydrogens is 289 g/mol. The first-order valence-electron chi connectivity index (χ1n) is 6.80. The molecule has 20 heavy (non-hydrogen) atoms. The molecular formula is C12H17F3N4S. The Bertz CT molecular complexity index is 462. The average molecular weight is 306 g/mol. The number of aromatic nitrogens is 2. The highest BCUT2D eigenvalue weighted by Gasteiger charge is 2.38. The first-order valence-corrected chi connectivity index (χ1v) is 7.61. The minimum atomic E-state index is -4.40. The van der Waals surface area contributed by atoms with E-state index in [1.165, 1.54) is 12.8 Å². The molecule has 0 radical (unpaired) electrons. The summed E-state index contributed by atoms with van der Waals surface area (Å²) in [5.74, 6) is 0.516. The van der Waals surface area contributed by atoms with E-state index in [9.17, 15) is 13.2 Å². The van der Waals surface area contributed by atoms with Gasteiger partial charge in [-0.2, -0.15) is 13.2 Å². The zero-order chi connectivity index (χ0) is 14.3. The Labute approximate surface area is 119 Å². The lowest BCUT2D eigenvalue weighted by Crippen LogP contribution is -2.41. The molecule has 112 valence electrons. The number of alkyl halides is 3. The molecule has 2 aliphatic rings. The number of halogens is 3. The Hall–Kier alpha value is -0.890. The van der Waals surface area contributed by atoms with Crippen molar-refractivity contribution in [1.29, 1.82) is 0 Å². The number of hydrogen-bond donors (Lipinski definition) is 1. The lowest BCUT2D eigenvalue weighted by molar-refractivity contribution is -0.138. The number of rotatable bonds is 3. The van der Waals surface area contributed by atoms with Crippen molar-refractivity contribution in [3.63, 3.8) is 0 Å². The lowest BCUT2D eigenvalue weighted by atomic mass is 9.91. The van der Waals surface area contributed by atoms with Crippen LogP contribution in [0.15, 0.2) is 0 Å². The van der Waals surface area contributed by atoms with Crippen molar-refractivity contribution in [3.05, 3.63) is 5.01 Å². The first-order chi connectivity index (χ1) is 9.43. The van der Waals surface area contributed by atoms with Crippen LogP contribution in [-0.2, 0) is 6.18 Å². The summed E-state index contributed by atoms with van der Waals surface area (Å²) in [5, 5.41) is 9.14. The summed E-state index contributed by atoms with van der Waals surface area (Å²) >= 11 is 0.577. The van der Waals surface area contributed by atoms with Crippen LogP contribution in [0.25, 0.3) is 0 Å². The van der Waals surface area contributed by atoms with E-state index < -0.39 is 11.2 Å². The molecule has 0 saturated carbocycles. The van der Waals surface area contributed by atoms with Crippen LogP contribution in [0, 0.1) is 5.92 Å². The summed E-state index contributed by atoms with van der Waals surface area (Å²) in [7, 11) is 2.17. The highest BCUT2D eigenvalue weighted by molar-refractivity contribution is 7.15. The van der Waals surface area contributed by atoms with Crippen LogP contribution in [-0.4, -0.2) is 40.8 Å². The maximum Gasteiger partial charge on any atom is 0.445 e. The first kappa shape index (κ1) is 14.1. The van der Waals surface area contributed by atoms with E-state index in [1.54, 1.807) is 0 Å². The molecule has 0 aromatic carbocycles. The lowest BCUT2D eigenvalue weighted by Gasteiger charge is -2.36. The number of hydrogen-bond acceptors (Lipinski definition) is 5. The molecule has 1 aromatic heterocycles. The third-order valence-electron chi connectivity index (χ3n) is 4.41. The van der Waals surface area contributed by atoms with Gasteiger partial charge in [0.25, 0.3) is 0 Å². The fourth-order valence-corrected chi connectivity index (χ4v) is 3.95. The summed E-state index contributed by atoms with van der Waals surface area (Å²) in [6.45, 7) is 0.688. The second-order valence-corrected chi connectivity index (χ2v) is 6.66. The predicted octanol–water partition coefficient (Wildman–Crippen LogP) is 2.84. The van der Waals surface area contributed by atoms with E-state index in [-0.39, 0.29) is 5.13 Å². The van der Waals surface area contributed by atoms with Crippen LogP contribution in [0.2, 0.25) is 0 Å². The van der Waals surface area contributed by atoms with Crippen molar-refractivity contribution in [2.24, 2.45) is 5.92 Å². The van der Waals surface area contributed by atoms with Crippen molar-refractivity contribution >= 4 is 16.5 Å². The van der Waals surface area contributed by atoms with Gasteiger partial charge in [0.15, 0.2) is 0 Å². The third-order valence-corrected chi connectivity index (χ3v) is 5.33. The van der Waals surface area contributed by atoms with Crippen LogP contribution in [0.3, 0.4) is 0 Å². The predicted molar refractivity (Wildman–Crippen MR) is 70.7 cm³/mol. The van der Waals surface area contributed by atoms with E-state index in [4.69, 9.17) is 0 Å². The van der Waals surface area contributed by atoms with Crippen LogP contribution in [0.4, 0.5) is 18.3 Å². The molecule has 4 nitrogen and oxygen atoms in total. The van der Waals surface area contributed by atoms with Crippen molar-refractivity contribution in [2.75, 3.05) is 18.9 Å². The maximum atomic E-state index is 12.4. The van der Waals surface area contributed by atoms with Gasteiger partial charge in [-0.1, -0.05) is 11.3 Å². The van der Waals surface area contributed by atoms with Crippen LogP contribution in [0.1, 0.15) is 30.7 Å². The van der Waals surface area contributed by atoms with E-state index in [0.717, 1.165) is 12.8 Å². The second kappa shape index (κ2) is 5.14. The molecule has 2 atom stereocenters. The number of piperidine rings is 1. The Kier molecular flexibility index (Phi) is 3.62. The summed E-state index contributed by atoms with van der Waals surface area (Å²) in [5.41, 5.74) is 0. The molecule has 8 heteroatoms. The largest absolute Gasteiger partial charge is 0.445 e. The van der Waals surface area contributed by atoms with Gasteiger partial charge in [0.05, 0.1) is 0 Å². The SMILES string of the molecule is CN1C2CCC1CC(CNc1nnc(C(F)(F)F)s1)C2. The van der Waals surface area contributed by atoms with E-state index in [2.05, 4.69) is 27.5 Å². The van der Waals surface area contributed by atoms with Gasteiger partial charge in [-0.05, 0) is 38.6 Å². The molecule has 2 fully saturated rings. The molecule has 2 saturated heterocycles. The fourth-order valence-electron chi connectivity index (χ4n) is 3.33. The molecule has 2 unspecified atom stereocenters. The standard InChI is InChI=1S/C12H17F3N4S/c1-19-8-2-3-9(19)5-7(4-8)6-16-11-18-17-10(20-11)12(13,14)15/h7-9H,2-6H2,1H3,(H,16,18). The smallest absolute Gasteiger partial charge is 0.360 e. The van der Waals surface area contributed by atoms with Gasteiger partial charge >= 0.3 is 6.18 Å². The number of nitrogens with zero attached hydrogens (tertiary/aromatic N) is 3. The average Bonchev–Trinajstić information content (AvgIpc) is 2.90. The Morgan fingerprint density at radius 2 is 1.90 bits per heavy atom. The van der Waals surface area contributed by atoms with Gasteiger partial charge in [-0.15, -0.1) is 10.2 Å². The summed E-state index contributed by atoms with van der Waals surface area (Å²) in [6, 6.07) is 1.28. The Morgan fingerprint density at radius 3 is 2.45 bits per heavy atom. The van der Waals surface area contributed by atoms with Crippen LogP contribution >= 0.6 is 11.3 Å². The molecule has 3 heterocycles. The summed E-state index contributed by atoms with van der Waals surface area (Å²) < 4.78 is 37.3. The molecule has 1 N–H and O–H groups in total. The summed E-state index contributed by atoms with van der Waals surface area (Å²) in [4.78, 5) is 2.45. The third kappa shape index (κ3) is 2.76. The van der Waals surface area contributed by atoms with Gasteiger partial charge in [-0.25, -0.2) is 0 Å². The van der Waals surface area contributed by atoms with Gasteiger partial charge in [0.2, 0.25) is 10.1 Å². The normalized spacial score (nSPS) is 30.7. The number of fused-ring (bicyclic) bond motifs is 2. The van der Waals surface area contributed by atoms with E-state index in [0.29, 0.717) is 35.9 Å². The zero-order valence-corrected chi connectivity index (χ0v) is 12.0. The molecule has 3 rings (SSSR count). The minimum absolute atomic E-state index is 0.267. The van der Waals surface area contributed by atoms with Crippen molar-refractivity contribution in [3.8, 4) is 0 Å². The van der Waals surface area contributed by atoms with Crippen molar-refractivity contribution in [2.45, 2.75) is 43.9 Å². The monoisotopic (exact) mass is 306 g/mol. The zero-order valence-electron chi connectivity index (χ0n) is 11.2. The fraction of sp³-hybridized carbons (Fsp3) is 0.833. The molecule has 0 aliphatic carbocycles. The highest BCUT2D eigenvalue weighted by atomic mass is 32.1. The van der Waals surface area contributed by atoms with Gasteiger partial charge in [0.1, 0.15) is 0 Å². The molecule has 1 aromatic rings. The molecule has 0 amide bonds. The van der Waals surface area contributed by atoms with E-state index >= 15 is 0 Å². The number of nitrogens with one attached hydrogen (secondary N) is 1.